The molecule has 1 fully saturated rings. The number of urea groups is 1. The summed E-state index contributed by atoms with van der Waals surface area (Å²) < 4.78 is 5.28. The molecule has 0 bridgehead atoms. The van der Waals surface area contributed by atoms with Gasteiger partial charge in [-0.15, -0.1) is 0 Å². The van der Waals surface area contributed by atoms with Crippen LogP contribution in [0, 0.1) is 18.3 Å². The van der Waals surface area contributed by atoms with E-state index in [-0.39, 0.29) is 18.5 Å². The molecule has 0 spiro atoms. The predicted molar refractivity (Wildman–Crippen MR) is 113 cm³/mol. The van der Waals surface area contributed by atoms with Crippen molar-refractivity contribution < 1.29 is 14.3 Å². The van der Waals surface area contributed by atoms with Gasteiger partial charge in [0.2, 0.25) is 5.91 Å². The summed E-state index contributed by atoms with van der Waals surface area (Å²) in [6.07, 6.45) is 0.386. The number of benzene rings is 2. The number of rotatable bonds is 6. The molecular weight excluding hydrogens is 380 g/mol. The summed E-state index contributed by atoms with van der Waals surface area (Å²) >= 11 is 0. The van der Waals surface area contributed by atoms with Crippen molar-refractivity contribution in [2.45, 2.75) is 19.9 Å². The van der Waals surface area contributed by atoms with Crippen LogP contribution in [0.3, 0.4) is 0 Å². The third-order valence-corrected chi connectivity index (χ3v) is 5.04. The second kappa shape index (κ2) is 10.3. The Morgan fingerprint density at radius 3 is 2.43 bits per heavy atom. The van der Waals surface area contributed by atoms with Crippen molar-refractivity contribution in [1.82, 2.24) is 15.1 Å². The minimum absolute atomic E-state index is 0.0112. The minimum atomic E-state index is -0.149. The number of carbonyl (C=O) groups is 2. The first kappa shape index (κ1) is 21.2. The standard InChI is InChI=1S/C23H26N4O3/c1-18-5-7-19(8-6-18)16-22(28)26-10-12-27(13-11-26)23(29)25-17-20-3-2-4-21(15-20)30-14-9-24/h2-8,15H,10-14,16-17H2,1H3,(H,25,29). The number of amides is 3. The molecule has 7 nitrogen and oxygen atoms in total. The van der Waals surface area contributed by atoms with Gasteiger partial charge in [0.15, 0.2) is 6.61 Å². The number of nitriles is 1. The molecule has 7 heteroatoms. The molecule has 0 atom stereocenters. The summed E-state index contributed by atoms with van der Waals surface area (Å²) in [5.41, 5.74) is 3.07. The van der Waals surface area contributed by atoms with Crippen LogP contribution in [0.1, 0.15) is 16.7 Å². The molecule has 156 valence electrons. The van der Waals surface area contributed by atoms with E-state index in [1.807, 2.05) is 54.3 Å². The van der Waals surface area contributed by atoms with Crippen LogP contribution in [0.5, 0.6) is 5.75 Å². The Kier molecular flexibility index (Phi) is 7.28. The van der Waals surface area contributed by atoms with Crippen LogP contribution in [0.25, 0.3) is 0 Å². The highest BCUT2D eigenvalue weighted by Crippen LogP contribution is 2.13. The van der Waals surface area contributed by atoms with E-state index in [2.05, 4.69) is 5.32 Å². The Morgan fingerprint density at radius 2 is 1.73 bits per heavy atom. The van der Waals surface area contributed by atoms with Crippen molar-refractivity contribution in [3.63, 3.8) is 0 Å². The first-order valence-corrected chi connectivity index (χ1v) is 10.00. The van der Waals surface area contributed by atoms with Gasteiger partial charge < -0.3 is 19.9 Å². The minimum Gasteiger partial charge on any atom is -0.479 e. The molecule has 2 aromatic rings. The zero-order valence-electron chi connectivity index (χ0n) is 17.1. The normalized spacial score (nSPS) is 13.5. The average Bonchev–Trinajstić information content (AvgIpc) is 2.78. The molecule has 1 aliphatic heterocycles. The van der Waals surface area contributed by atoms with Crippen molar-refractivity contribution in [3.05, 3.63) is 65.2 Å². The van der Waals surface area contributed by atoms with E-state index in [1.54, 1.807) is 17.0 Å². The van der Waals surface area contributed by atoms with E-state index in [1.165, 1.54) is 5.56 Å². The number of ether oxygens (including phenoxy) is 1. The Hall–Kier alpha value is -3.53. The molecule has 3 rings (SSSR count). The molecule has 0 radical (unpaired) electrons. The van der Waals surface area contributed by atoms with Gasteiger partial charge in [-0.05, 0) is 30.2 Å². The number of hydrogen-bond acceptors (Lipinski definition) is 4. The van der Waals surface area contributed by atoms with Crippen LogP contribution in [0.15, 0.2) is 48.5 Å². The Balaban J connectivity index is 1.43. The Morgan fingerprint density at radius 1 is 1.03 bits per heavy atom. The maximum atomic E-state index is 12.5. The lowest BCUT2D eigenvalue weighted by atomic mass is 10.1. The van der Waals surface area contributed by atoms with Crippen molar-refractivity contribution in [2.24, 2.45) is 0 Å². The van der Waals surface area contributed by atoms with Gasteiger partial charge in [0, 0.05) is 32.7 Å². The van der Waals surface area contributed by atoms with E-state index >= 15 is 0 Å². The number of nitrogens with one attached hydrogen (secondary N) is 1. The van der Waals surface area contributed by atoms with E-state index < -0.39 is 0 Å². The van der Waals surface area contributed by atoms with Crippen LogP contribution in [0.4, 0.5) is 4.79 Å². The van der Waals surface area contributed by atoms with E-state index in [4.69, 9.17) is 10.00 Å². The molecule has 1 aliphatic rings. The second-order valence-electron chi connectivity index (χ2n) is 7.28. The SMILES string of the molecule is Cc1ccc(CC(=O)N2CCN(C(=O)NCc3cccc(OCC#N)c3)CC2)cc1. The summed E-state index contributed by atoms with van der Waals surface area (Å²) in [6.45, 7) is 4.48. The first-order chi connectivity index (χ1) is 14.5. The zero-order chi connectivity index (χ0) is 21.3. The van der Waals surface area contributed by atoms with E-state index in [9.17, 15) is 9.59 Å². The van der Waals surface area contributed by atoms with Crippen LogP contribution < -0.4 is 10.1 Å². The van der Waals surface area contributed by atoms with Gasteiger partial charge in [-0.25, -0.2) is 4.79 Å². The second-order valence-corrected chi connectivity index (χ2v) is 7.28. The van der Waals surface area contributed by atoms with Crippen LogP contribution in [-0.4, -0.2) is 54.5 Å². The van der Waals surface area contributed by atoms with Gasteiger partial charge in [0.05, 0.1) is 6.42 Å². The topological polar surface area (TPSA) is 85.7 Å². The monoisotopic (exact) mass is 406 g/mol. The zero-order valence-corrected chi connectivity index (χ0v) is 17.1. The summed E-state index contributed by atoms with van der Waals surface area (Å²) in [5, 5.41) is 11.5. The summed E-state index contributed by atoms with van der Waals surface area (Å²) in [5.74, 6) is 0.692. The highest BCUT2D eigenvalue weighted by atomic mass is 16.5. The van der Waals surface area contributed by atoms with Gasteiger partial charge in [0.1, 0.15) is 11.8 Å². The third-order valence-electron chi connectivity index (χ3n) is 5.04. The molecule has 30 heavy (non-hydrogen) atoms. The summed E-state index contributed by atoms with van der Waals surface area (Å²) in [6, 6.07) is 17.1. The lowest BCUT2D eigenvalue weighted by Gasteiger charge is -2.34. The smallest absolute Gasteiger partial charge is 0.317 e. The fourth-order valence-corrected chi connectivity index (χ4v) is 3.30. The van der Waals surface area contributed by atoms with Crippen molar-refractivity contribution in [3.8, 4) is 11.8 Å². The van der Waals surface area contributed by atoms with Gasteiger partial charge in [0.25, 0.3) is 0 Å². The molecule has 0 unspecified atom stereocenters. The molecular formula is C23H26N4O3. The van der Waals surface area contributed by atoms with Crippen molar-refractivity contribution in [2.75, 3.05) is 32.8 Å². The van der Waals surface area contributed by atoms with Crippen LogP contribution in [-0.2, 0) is 17.8 Å². The van der Waals surface area contributed by atoms with Gasteiger partial charge in [-0.2, -0.15) is 5.26 Å². The maximum absolute atomic E-state index is 12.5. The van der Waals surface area contributed by atoms with Crippen LogP contribution in [0.2, 0.25) is 0 Å². The number of aryl methyl sites for hydroxylation is 1. The number of piperazine rings is 1. The lowest BCUT2D eigenvalue weighted by Crippen LogP contribution is -2.53. The fourth-order valence-electron chi connectivity index (χ4n) is 3.30. The highest BCUT2D eigenvalue weighted by molar-refractivity contribution is 5.79. The molecule has 1 heterocycles. The number of nitrogens with zero attached hydrogens (tertiary/aromatic N) is 3. The highest BCUT2D eigenvalue weighted by Gasteiger charge is 2.24. The fraction of sp³-hybridized carbons (Fsp3) is 0.348. The quantitative estimate of drug-likeness (QED) is 0.799. The molecule has 1 N–H and O–H groups in total. The lowest BCUT2D eigenvalue weighted by molar-refractivity contribution is -0.131. The van der Waals surface area contributed by atoms with Crippen LogP contribution >= 0.6 is 0 Å². The maximum Gasteiger partial charge on any atom is 0.317 e. The molecule has 2 aromatic carbocycles. The summed E-state index contributed by atoms with van der Waals surface area (Å²) in [7, 11) is 0. The Labute approximate surface area is 176 Å². The van der Waals surface area contributed by atoms with Gasteiger partial charge in [-0.3, -0.25) is 4.79 Å². The van der Waals surface area contributed by atoms with Gasteiger partial charge in [-0.1, -0.05) is 42.0 Å². The van der Waals surface area contributed by atoms with Crippen molar-refractivity contribution in [1.29, 1.82) is 5.26 Å². The number of carbonyl (C=O) groups excluding carboxylic acids is 2. The van der Waals surface area contributed by atoms with Gasteiger partial charge >= 0.3 is 6.03 Å². The molecule has 0 saturated carbocycles. The molecule has 0 aliphatic carbocycles. The largest absolute Gasteiger partial charge is 0.479 e. The number of hydrogen-bond donors (Lipinski definition) is 1. The predicted octanol–water partition coefficient (Wildman–Crippen LogP) is 2.49. The molecule has 0 aromatic heterocycles. The van der Waals surface area contributed by atoms with E-state index in [0.717, 1.165) is 11.1 Å². The molecule has 3 amide bonds. The third kappa shape index (κ3) is 5.98. The first-order valence-electron chi connectivity index (χ1n) is 10.00. The molecule has 1 saturated heterocycles. The van der Waals surface area contributed by atoms with Crippen molar-refractivity contribution >= 4 is 11.9 Å². The van der Waals surface area contributed by atoms with E-state index in [0.29, 0.717) is 44.9 Å². The Bertz CT molecular complexity index is 913. The average molecular weight is 406 g/mol. The summed E-state index contributed by atoms with van der Waals surface area (Å²) in [4.78, 5) is 28.5.